The Labute approximate surface area is 121 Å². The highest BCUT2D eigenvalue weighted by Gasteiger charge is 2.32. The predicted molar refractivity (Wildman–Crippen MR) is 82.5 cm³/mol. The van der Waals surface area contributed by atoms with Crippen molar-refractivity contribution in [1.82, 2.24) is 0 Å². The summed E-state index contributed by atoms with van der Waals surface area (Å²) in [4.78, 5) is 4.24. The Bertz CT molecular complexity index is 456. The van der Waals surface area contributed by atoms with Crippen molar-refractivity contribution in [2.45, 2.75) is 37.9 Å². The summed E-state index contributed by atoms with van der Waals surface area (Å²) in [7, 11) is -1.36. The van der Waals surface area contributed by atoms with Crippen LogP contribution in [0.5, 0.6) is 0 Å². The lowest BCUT2D eigenvalue weighted by Gasteiger charge is -2.31. The van der Waals surface area contributed by atoms with Crippen LogP contribution >= 0.6 is 0 Å². The van der Waals surface area contributed by atoms with Crippen LogP contribution in [0.1, 0.15) is 18.1 Å². The van der Waals surface area contributed by atoms with Gasteiger partial charge in [0.1, 0.15) is 12.7 Å². The molecule has 0 aliphatic carbocycles. The maximum Gasteiger partial charge on any atom is 0.383 e. The van der Waals surface area contributed by atoms with Crippen LogP contribution in [0.15, 0.2) is 35.3 Å². The van der Waals surface area contributed by atoms with Crippen molar-refractivity contribution >= 4 is 14.2 Å². The fourth-order valence-electron chi connectivity index (χ4n) is 2.10. The van der Waals surface area contributed by atoms with Crippen LogP contribution in [0.2, 0.25) is 19.6 Å². The SMILES string of the molecule is C[Si](C)(C)C1CCN=C(OCC(O)c2ccccc2)O1. The Hall–Kier alpha value is -1.33. The molecule has 0 saturated heterocycles. The first-order chi connectivity index (χ1) is 9.47. The minimum Gasteiger partial charge on any atom is -0.451 e. The van der Waals surface area contributed by atoms with E-state index in [1.807, 2.05) is 30.3 Å². The average Bonchev–Trinajstić information content (AvgIpc) is 2.45. The lowest BCUT2D eigenvalue weighted by Crippen LogP contribution is -2.44. The summed E-state index contributed by atoms with van der Waals surface area (Å²) in [5.41, 5.74) is 1.08. The molecule has 1 aliphatic rings. The number of benzene rings is 1. The highest BCUT2D eigenvalue weighted by Crippen LogP contribution is 2.20. The molecule has 4 nitrogen and oxygen atoms in total. The zero-order valence-corrected chi connectivity index (χ0v) is 13.4. The van der Waals surface area contributed by atoms with Crippen LogP contribution in [-0.2, 0) is 9.47 Å². The van der Waals surface area contributed by atoms with Crippen LogP contribution in [0.4, 0.5) is 0 Å². The topological polar surface area (TPSA) is 51.0 Å². The molecule has 0 saturated carbocycles. The van der Waals surface area contributed by atoms with Gasteiger partial charge in [-0.3, -0.25) is 0 Å². The highest BCUT2D eigenvalue weighted by molar-refractivity contribution is 6.77. The smallest absolute Gasteiger partial charge is 0.383 e. The molecule has 0 aromatic heterocycles. The molecule has 2 unspecified atom stereocenters. The first-order valence-electron chi connectivity index (χ1n) is 7.04. The second kappa shape index (κ2) is 6.41. The van der Waals surface area contributed by atoms with Gasteiger partial charge in [-0.05, 0) is 5.56 Å². The molecule has 0 spiro atoms. The molecule has 2 atom stereocenters. The van der Waals surface area contributed by atoms with Crippen molar-refractivity contribution in [3.63, 3.8) is 0 Å². The molecular formula is C15H23NO3Si. The number of aliphatic hydroxyl groups is 1. The van der Waals surface area contributed by atoms with Gasteiger partial charge in [-0.25, -0.2) is 4.99 Å². The van der Waals surface area contributed by atoms with Crippen LogP contribution in [0.3, 0.4) is 0 Å². The van der Waals surface area contributed by atoms with Gasteiger partial charge in [-0.15, -0.1) is 0 Å². The fraction of sp³-hybridized carbons (Fsp3) is 0.533. The molecule has 0 bridgehead atoms. The van der Waals surface area contributed by atoms with Crippen molar-refractivity contribution in [3.8, 4) is 0 Å². The number of rotatable bonds is 4. The lowest BCUT2D eigenvalue weighted by molar-refractivity contribution is 0.0604. The van der Waals surface area contributed by atoms with Gasteiger partial charge in [-0.1, -0.05) is 50.0 Å². The Kier molecular flexibility index (Phi) is 4.83. The monoisotopic (exact) mass is 293 g/mol. The van der Waals surface area contributed by atoms with E-state index in [4.69, 9.17) is 9.47 Å². The molecule has 0 radical (unpaired) electrons. The van der Waals surface area contributed by atoms with Crippen molar-refractivity contribution in [1.29, 1.82) is 0 Å². The Balaban J connectivity index is 1.87. The van der Waals surface area contributed by atoms with Gasteiger partial charge in [0.2, 0.25) is 0 Å². The molecule has 1 N–H and O–H groups in total. The molecule has 1 aromatic rings. The molecule has 20 heavy (non-hydrogen) atoms. The van der Waals surface area contributed by atoms with Crippen LogP contribution in [-0.4, -0.2) is 38.1 Å². The number of nitrogens with zero attached hydrogens (tertiary/aromatic N) is 1. The van der Waals surface area contributed by atoms with Crippen molar-refractivity contribution < 1.29 is 14.6 Å². The molecule has 1 aliphatic heterocycles. The first-order valence-corrected chi connectivity index (χ1v) is 10.6. The predicted octanol–water partition coefficient (Wildman–Crippen LogP) is 2.76. The quantitative estimate of drug-likeness (QED) is 0.869. The Morgan fingerprint density at radius 1 is 1.35 bits per heavy atom. The van der Waals surface area contributed by atoms with Gasteiger partial charge >= 0.3 is 6.08 Å². The second-order valence-corrected chi connectivity index (χ2v) is 11.5. The van der Waals surface area contributed by atoms with E-state index in [2.05, 4.69) is 24.6 Å². The van der Waals surface area contributed by atoms with E-state index < -0.39 is 14.2 Å². The standard InChI is InChI=1S/C15H23NO3Si/c1-20(2,3)14-9-10-16-15(19-14)18-11-13(17)12-7-5-4-6-8-12/h4-8,13-14,17H,9-11H2,1-3H3. The summed E-state index contributed by atoms with van der Waals surface area (Å²) in [6.45, 7) is 7.74. The highest BCUT2D eigenvalue weighted by atomic mass is 28.3. The van der Waals surface area contributed by atoms with Crippen LogP contribution < -0.4 is 0 Å². The van der Waals surface area contributed by atoms with Gasteiger partial charge < -0.3 is 14.6 Å². The third-order valence-electron chi connectivity index (χ3n) is 3.39. The molecule has 0 fully saturated rings. The van der Waals surface area contributed by atoms with E-state index >= 15 is 0 Å². The fourth-order valence-corrected chi connectivity index (χ4v) is 3.55. The van der Waals surface area contributed by atoms with E-state index in [1.54, 1.807) is 0 Å². The summed E-state index contributed by atoms with van der Waals surface area (Å²) in [5, 5.41) is 10.1. The minimum absolute atomic E-state index is 0.168. The normalized spacial score (nSPS) is 20.8. The number of hydrogen-bond acceptors (Lipinski definition) is 4. The number of aliphatic imine (C=N–C) groups is 1. The first kappa shape index (κ1) is 15.1. The van der Waals surface area contributed by atoms with E-state index in [-0.39, 0.29) is 12.3 Å². The van der Waals surface area contributed by atoms with Crippen molar-refractivity contribution in [2.24, 2.45) is 4.99 Å². The summed E-state index contributed by atoms with van der Waals surface area (Å²) in [6, 6.07) is 9.47. The molecular weight excluding hydrogens is 270 g/mol. The zero-order valence-electron chi connectivity index (χ0n) is 12.4. The molecule has 1 heterocycles. The number of hydrogen-bond donors (Lipinski definition) is 1. The van der Waals surface area contributed by atoms with Gasteiger partial charge in [0.15, 0.2) is 0 Å². The Morgan fingerprint density at radius 3 is 2.70 bits per heavy atom. The molecule has 0 amide bonds. The van der Waals surface area contributed by atoms with Gasteiger partial charge in [-0.2, -0.15) is 0 Å². The summed E-state index contributed by atoms with van der Waals surface area (Å²) < 4.78 is 11.3. The minimum atomic E-state index is -1.36. The van der Waals surface area contributed by atoms with E-state index in [0.29, 0.717) is 6.08 Å². The maximum atomic E-state index is 10.1. The van der Waals surface area contributed by atoms with E-state index in [1.165, 1.54) is 0 Å². The number of aliphatic hydroxyl groups excluding tert-OH is 1. The third-order valence-corrected chi connectivity index (χ3v) is 5.73. The third kappa shape index (κ3) is 4.08. The number of ether oxygens (including phenoxy) is 2. The van der Waals surface area contributed by atoms with Gasteiger partial charge in [0, 0.05) is 13.0 Å². The Morgan fingerprint density at radius 2 is 2.05 bits per heavy atom. The molecule has 5 heteroatoms. The van der Waals surface area contributed by atoms with Gasteiger partial charge in [0.05, 0.1) is 13.8 Å². The van der Waals surface area contributed by atoms with Crippen molar-refractivity contribution in [3.05, 3.63) is 35.9 Å². The molecule has 1 aromatic carbocycles. The summed E-state index contributed by atoms with van der Waals surface area (Å²) in [5.74, 6) is 0. The second-order valence-electron chi connectivity index (χ2n) is 6.15. The largest absolute Gasteiger partial charge is 0.451 e. The lowest BCUT2D eigenvalue weighted by atomic mass is 10.1. The average molecular weight is 293 g/mol. The van der Waals surface area contributed by atoms with Gasteiger partial charge in [0.25, 0.3) is 0 Å². The summed E-state index contributed by atoms with van der Waals surface area (Å²) in [6.07, 6.45) is 0.637. The zero-order chi connectivity index (χ0) is 14.6. The molecule has 110 valence electrons. The van der Waals surface area contributed by atoms with Crippen LogP contribution in [0, 0.1) is 0 Å². The summed E-state index contributed by atoms with van der Waals surface area (Å²) >= 11 is 0. The molecule has 2 rings (SSSR count). The maximum absolute atomic E-state index is 10.1. The van der Waals surface area contributed by atoms with E-state index in [9.17, 15) is 5.11 Å². The van der Waals surface area contributed by atoms with Crippen molar-refractivity contribution in [2.75, 3.05) is 13.2 Å². The van der Waals surface area contributed by atoms with E-state index in [0.717, 1.165) is 18.5 Å². The van der Waals surface area contributed by atoms with Crippen LogP contribution in [0.25, 0.3) is 0 Å².